The molecule has 0 saturated heterocycles. The van der Waals surface area contributed by atoms with Crippen LogP contribution in [0.3, 0.4) is 0 Å². The number of benzene rings is 1. The van der Waals surface area contributed by atoms with E-state index in [4.69, 9.17) is 9.47 Å². The number of ketones is 1. The molecule has 0 spiro atoms. The fourth-order valence-electron chi connectivity index (χ4n) is 3.24. The molecule has 2 aromatic rings. The Kier molecular flexibility index (Phi) is 6.47. The zero-order chi connectivity index (χ0) is 17.8. The molecule has 1 atom stereocenters. The van der Waals surface area contributed by atoms with Gasteiger partial charge in [0.1, 0.15) is 11.9 Å². The normalized spacial score (nSPS) is 22.0. The molecule has 25 heavy (non-hydrogen) atoms. The minimum atomic E-state index is 0.221. The molecule has 1 aliphatic carbocycles. The molecule has 6 heteroatoms. The number of ether oxygens (including phenoxy) is 2. The minimum Gasteiger partial charge on any atom is -0.467 e. The van der Waals surface area contributed by atoms with E-state index < -0.39 is 0 Å². The molecule has 0 radical (unpaired) electrons. The lowest BCUT2D eigenvalue weighted by Crippen LogP contribution is -2.29. The first-order chi connectivity index (χ1) is 12.0. The fraction of sp³-hybridized carbons (Fsp3) is 0.579. The van der Waals surface area contributed by atoms with E-state index in [1.807, 2.05) is 12.1 Å². The number of halogens is 1. The Morgan fingerprint density at radius 2 is 2.04 bits per heavy atom. The smallest absolute Gasteiger partial charge is 0.274 e. The van der Waals surface area contributed by atoms with Crippen LogP contribution < -0.4 is 4.74 Å². The Bertz CT molecular complexity index is 725. The zero-order valence-corrected chi connectivity index (χ0v) is 17.1. The fourth-order valence-corrected chi connectivity index (χ4v) is 4.45. The lowest BCUT2D eigenvalue weighted by atomic mass is 9.95. The summed E-state index contributed by atoms with van der Waals surface area (Å²) in [6.45, 7) is 4.38. The van der Waals surface area contributed by atoms with Crippen LogP contribution in [-0.4, -0.2) is 29.6 Å². The SMILES string of the molecule is CC(=O)C[C@@H](C)COC1CCC(Oc2nc3cc(Br)ccc3s2)CC1. The Labute approximate surface area is 161 Å². The van der Waals surface area contributed by atoms with Crippen molar-refractivity contribution < 1.29 is 14.3 Å². The van der Waals surface area contributed by atoms with E-state index in [0.29, 0.717) is 25.0 Å². The second-order valence-corrected chi connectivity index (χ2v) is 8.86. The molecular weight excluding hydrogens is 402 g/mol. The molecule has 136 valence electrons. The molecule has 4 nitrogen and oxygen atoms in total. The van der Waals surface area contributed by atoms with Crippen LogP contribution in [0.1, 0.15) is 46.0 Å². The molecule has 1 aliphatic rings. The van der Waals surface area contributed by atoms with E-state index >= 15 is 0 Å². The van der Waals surface area contributed by atoms with Crippen LogP contribution in [0.15, 0.2) is 22.7 Å². The van der Waals surface area contributed by atoms with Crippen molar-refractivity contribution in [3.8, 4) is 5.19 Å². The van der Waals surface area contributed by atoms with Gasteiger partial charge in [0, 0.05) is 17.5 Å². The number of nitrogens with zero attached hydrogens (tertiary/aromatic N) is 1. The lowest BCUT2D eigenvalue weighted by molar-refractivity contribution is -0.118. The van der Waals surface area contributed by atoms with Crippen molar-refractivity contribution in [2.24, 2.45) is 5.92 Å². The lowest BCUT2D eigenvalue weighted by Gasteiger charge is -2.29. The number of fused-ring (bicyclic) bond motifs is 1. The molecule has 1 aromatic carbocycles. The Morgan fingerprint density at radius 1 is 1.32 bits per heavy atom. The van der Waals surface area contributed by atoms with E-state index in [9.17, 15) is 4.79 Å². The highest BCUT2D eigenvalue weighted by molar-refractivity contribution is 9.10. The summed E-state index contributed by atoms with van der Waals surface area (Å²) in [5.41, 5.74) is 0.978. The Hall–Kier alpha value is -0.980. The highest BCUT2D eigenvalue weighted by Crippen LogP contribution is 2.32. The molecule has 0 N–H and O–H groups in total. The molecule has 0 unspecified atom stereocenters. The summed E-state index contributed by atoms with van der Waals surface area (Å²) >= 11 is 5.08. The molecule has 1 aromatic heterocycles. The van der Waals surface area contributed by atoms with Crippen molar-refractivity contribution in [1.29, 1.82) is 0 Å². The van der Waals surface area contributed by atoms with Crippen molar-refractivity contribution in [3.63, 3.8) is 0 Å². The van der Waals surface area contributed by atoms with Gasteiger partial charge in [-0.15, -0.1) is 0 Å². The van der Waals surface area contributed by atoms with Crippen LogP contribution >= 0.6 is 27.3 Å². The van der Waals surface area contributed by atoms with Crippen molar-refractivity contribution in [1.82, 2.24) is 4.98 Å². The first-order valence-corrected chi connectivity index (χ1v) is 10.4. The van der Waals surface area contributed by atoms with E-state index in [2.05, 4.69) is 33.9 Å². The molecule has 1 heterocycles. The topological polar surface area (TPSA) is 48.4 Å². The minimum absolute atomic E-state index is 0.221. The first kappa shape index (κ1) is 18.8. The van der Waals surface area contributed by atoms with Gasteiger partial charge in [-0.05, 0) is 56.7 Å². The Morgan fingerprint density at radius 3 is 2.76 bits per heavy atom. The standard InChI is InChI=1S/C19H24BrNO3S/c1-12(9-13(2)22)11-23-15-4-6-16(7-5-15)24-19-21-17-10-14(20)3-8-18(17)25-19/h3,8,10,12,15-16H,4-7,9,11H2,1-2H3/t12-,15?,16?/m1/s1. The maximum Gasteiger partial charge on any atom is 0.274 e. The maximum absolute atomic E-state index is 11.1. The van der Waals surface area contributed by atoms with E-state index in [-0.39, 0.29) is 11.9 Å². The van der Waals surface area contributed by atoms with Crippen molar-refractivity contribution in [2.45, 2.75) is 58.2 Å². The average molecular weight is 426 g/mol. The number of hydrogen-bond donors (Lipinski definition) is 0. The van der Waals surface area contributed by atoms with Gasteiger partial charge in [0.25, 0.3) is 5.19 Å². The van der Waals surface area contributed by atoms with Crippen molar-refractivity contribution in [3.05, 3.63) is 22.7 Å². The van der Waals surface area contributed by atoms with Gasteiger partial charge in [-0.1, -0.05) is 34.2 Å². The number of hydrogen-bond acceptors (Lipinski definition) is 5. The van der Waals surface area contributed by atoms with Crippen LogP contribution in [0, 0.1) is 5.92 Å². The average Bonchev–Trinajstić information content (AvgIpc) is 2.95. The number of aromatic nitrogens is 1. The summed E-state index contributed by atoms with van der Waals surface area (Å²) in [5, 5.41) is 0.757. The van der Waals surface area contributed by atoms with E-state index in [1.54, 1.807) is 18.3 Å². The third-order valence-electron chi connectivity index (χ3n) is 4.47. The summed E-state index contributed by atoms with van der Waals surface area (Å²) in [7, 11) is 0. The number of Topliss-reactive ketones (excluding diaryl/α,β-unsaturated/α-hetero) is 1. The third-order valence-corrected chi connectivity index (χ3v) is 5.89. The van der Waals surface area contributed by atoms with Crippen LogP contribution in [-0.2, 0) is 9.53 Å². The van der Waals surface area contributed by atoms with Gasteiger partial charge in [0.05, 0.1) is 16.3 Å². The molecule has 1 saturated carbocycles. The summed E-state index contributed by atoms with van der Waals surface area (Å²) in [5.74, 6) is 0.532. The largest absolute Gasteiger partial charge is 0.467 e. The molecule has 0 aliphatic heterocycles. The number of thiazole rings is 1. The number of carbonyl (C=O) groups excluding carboxylic acids is 1. The summed E-state index contributed by atoms with van der Waals surface area (Å²) < 4.78 is 14.3. The van der Waals surface area contributed by atoms with Gasteiger partial charge in [-0.25, -0.2) is 4.98 Å². The molecule has 0 amide bonds. The van der Waals surface area contributed by atoms with E-state index in [0.717, 1.165) is 45.6 Å². The summed E-state index contributed by atoms with van der Waals surface area (Å²) in [4.78, 5) is 15.7. The third kappa shape index (κ3) is 5.50. The van der Waals surface area contributed by atoms with Gasteiger partial charge in [-0.3, -0.25) is 0 Å². The van der Waals surface area contributed by atoms with Gasteiger partial charge in [0.15, 0.2) is 0 Å². The van der Waals surface area contributed by atoms with E-state index in [1.165, 1.54) is 0 Å². The second-order valence-electron chi connectivity index (χ2n) is 6.95. The molecule has 1 fully saturated rings. The van der Waals surface area contributed by atoms with Gasteiger partial charge in [-0.2, -0.15) is 0 Å². The first-order valence-electron chi connectivity index (χ1n) is 8.83. The van der Waals surface area contributed by atoms with Crippen LogP contribution in [0.25, 0.3) is 10.2 Å². The highest BCUT2D eigenvalue weighted by Gasteiger charge is 2.24. The number of carbonyl (C=O) groups is 1. The van der Waals surface area contributed by atoms with Gasteiger partial charge >= 0.3 is 0 Å². The Balaban J connectivity index is 1.45. The van der Waals surface area contributed by atoms with Crippen molar-refractivity contribution in [2.75, 3.05) is 6.61 Å². The zero-order valence-electron chi connectivity index (χ0n) is 14.7. The second kappa shape index (κ2) is 8.60. The highest BCUT2D eigenvalue weighted by atomic mass is 79.9. The maximum atomic E-state index is 11.1. The van der Waals surface area contributed by atoms with Gasteiger partial charge < -0.3 is 14.3 Å². The van der Waals surface area contributed by atoms with Gasteiger partial charge in [0.2, 0.25) is 0 Å². The summed E-state index contributed by atoms with van der Waals surface area (Å²) in [6, 6.07) is 6.11. The summed E-state index contributed by atoms with van der Waals surface area (Å²) in [6.07, 6.45) is 5.11. The quantitative estimate of drug-likeness (QED) is 0.597. The van der Waals surface area contributed by atoms with Crippen LogP contribution in [0.2, 0.25) is 0 Å². The number of rotatable bonds is 7. The predicted octanol–water partition coefficient (Wildman–Crippen LogP) is 5.38. The molecule has 3 rings (SSSR count). The van der Waals surface area contributed by atoms with Crippen LogP contribution in [0.4, 0.5) is 0 Å². The molecule has 0 bridgehead atoms. The molecular formula is C19H24BrNO3S. The monoisotopic (exact) mass is 425 g/mol. The van der Waals surface area contributed by atoms with Crippen LogP contribution in [0.5, 0.6) is 5.19 Å². The predicted molar refractivity (Wildman–Crippen MR) is 104 cm³/mol. The van der Waals surface area contributed by atoms with Crippen molar-refractivity contribution >= 4 is 43.3 Å².